The first kappa shape index (κ1) is 28.5. The Balaban J connectivity index is 1.86. The Labute approximate surface area is 229 Å². The van der Waals surface area contributed by atoms with E-state index in [2.05, 4.69) is 5.10 Å². The lowest BCUT2D eigenvalue weighted by atomic mass is 10.1. The SMILES string of the molecule is CC1=NN(c2cc(S(=O)(=O)O)ccc2S(=O)(=O)c2ccc(O)c(C(=O)O)c2)C(=O)C1=Cc1ccc(N(C)C)cc1. The van der Waals surface area contributed by atoms with Crippen LogP contribution in [0.2, 0.25) is 0 Å². The summed E-state index contributed by atoms with van der Waals surface area (Å²) in [6.07, 6.45) is 1.54. The van der Waals surface area contributed by atoms with E-state index >= 15 is 0 Å². The fourth-order valence-corrected chi connectivity index (χ4v) is 5.86. The molecule has 40 heavy (non-hydrogen) atoms. The summed E-state index contributed by atoms with van der Waals surface area (Å²) in [7, 11) is -5.69. The van der Waals surface area contributed by atoms with Crippen molar-refractivity contribution < 1.29 is 41.2 Å². The quantitative estimate of drug-likeness (QED) is 0.275. The van der Waals surface area contributed by atoms with Crippen molar-refractivity contribution in [2.45, 2.75) is 21.6 Å². The maximum absolute atomic E-state index is 13.6. The van der Waals surface area contributed by atoms with E-state index in [1.807, 2.05) is 31.1 Å². The number of benzene rings is 3. The number of carboxylic acid groups (broad SMARTS) is 1. The molecule has 3 aromatic carbocycles. The van der Waals surface area contributed by atoms with Crippen LogP contribution < -0.4 is 9.91 Å². The zero-order chi connectivity index (χ0) is 29.6. The summed E-state index contributed by atoms with van der Waals surface area (Å²) in [6, 6.07) is 12.2. The Kier molecular flexibility index (Phi) is 7.28. The van der Waals surface area contributed by atoms with E-state index in [1.54, 1.807) is 18.2 Å². The number of carbonyl (C=O) groups excluding carboxylic acids is 1. The highest BCUT2D eigenvalue weighted by Crippen LogP contribution is 2.36. The van der Waals surface area contributed by atoms with Gasteiger partial charge in [-0.1, -0.05) is 12.1 Å². The standard InChI is InChI=1S/C26H23N3O9S2/c1-15-20(12-16-4-6-17(7-5-16)28(2)3)25(31)29(27-15)22-14-19(40(36,37)38)9-11-24(22)39(34,35)18-8-10-23(30)21(13-18)26(32)33/h4-14,30H,1-3H3,(H,32,33)(H,36,37,38). The molecule has 0 aromatic heterocycles. The zero-order valence-electron chi connectivity index (χ0n) is 21.3. The van der Waals surface area contributed by atoms with Crippen LogP contribution in [0.4, 0.5) is 11.4 Å². The molecule has 0 saturated heterocycles. The molecule has 0 spiro atoms. The molecule has 3 aromatic rings. The van der Waals surface area contributed by atoms with Gasteiger partial charge in [0.1, 0.15) is 11.3 Å². The van der Waals surface area contributed by atoms with Crippen LogP contribution in [-0.2, 0) is 24.7 Å². The number of aromatic hydroxyl groups is 1. The number of carbonyl (C=O) groups is 2. The molecule has 14 heteroatoms. The molecule has 0 unspecified atom stereocenters. The molecule has 0 aliphatic carbocycles. The number of rotatable bonds is 7. The number of hydrazone groups is 1. The minimum Gasteiger partial charge on any atom is -0.507 e. The van der Waals surface area contributed by atoms with Crippen molar-refractivity contribution in [1.29, 1.82) is 0 Å². The summed E-state index contributed by atoms with van der Waals surface area (Å²) in [6.45, 7) is 1.51. The topological polar surface area (TPSA) is 182 Å². The molecule has 4 rings (SSSR count). The van der Waals surface area contributed by atoms with Gasteiger partial charge in [0.25, 0.3) is 16.0 Å². The molecule has 1 aliphatic rings. The third-order valence-electron chi connectivity index (χ3n) is 6.04. The van der Waals surface area contributed by atoms with Crippen LogP contribution in [0.15, 0.2) is 86.0 Å². The minimum absolute atomic E-state index is 0.107. The number of phenols is 1. The van der Waals surface area contributed by atoms with E-state index in [1.165, 1.54) is 6.92 Å². The summed E-state index contributed by atoms with van der Waals surface area (Å²) in [5.74, 6) is -3.02. The normalized spacial score (nSPS) is 14.9. The largest absolute Gasteiger partial charge is 0.507 e. The van der Waals surface area contributed by atoms with Crippen LogP contribution in [0.3, 0.4) is 0 Å². The predicted molar refractivity (Wildman–Crippen MR) is 146 cm³/mol. The van der Waals surface area contributed by atoms with Gasteiger partial charge in [-0.05, 0) is 67.1 Å². The molecule has 1 aliphatic heterocycles. The molecule has 0 bridgehead atoms. The maximum atomic E-state index is 13.6. The van der Waals surface area contributed by atoms with Crippen molar-refractivity contribution in [3.63, 3.8) is 0 Å². The van der Waals surface area contributed by atoms with Gasteiger partial charge in [0.15, 0.2) is 0 Å². The number of hydrogen-bond donors (Lipinski definition) is 3. The van der Waals surface area contributed by atoms with Gasteiger partial charge in [0.05, 0.1) is 31.7 Å². The Morgan fingerprint density at radius 2 is 1.57 bits per heavy atom. The van der Waals surface area contributed by atoms with Crippen molar-refractivity contribution in [2.24, 2.45) is 5.10 Å². The van der Waals surface area contributed by atoms with Gasteiger partial charge in [-0.3, -0.25) is 9.35 Å². The third kappa shape index (κ3) is 5.32. The lowest BCUT2D eigenvalue weighted by molar-refractivity contribution is -0.114. The van der Waals surface area contributed by atoms with Gasteiger partial charge in [-0.2, -0.15) is 18.5 Å². The van der Waals surface area contributed by atoms with E-state index in [9.17, 15) is 41.2 Å². The van der Waals surface area contributed by atoms with Crippen LogP contribution in [0.1, 0.15) is 22.8 Å². The van der Waals surface area contributed by atoms with Gasteiger partial charge in [0.2, 0.25) is 9.84 Å². The monoisotopic (exact) mass is 585 g/mol. The summed E-state index contributed by atoms with van der Waals surface area (Å²) in [5.41, 5.74) is 0.708. The van der Waals surface area contributed by atoms with E-state index in [0.29, 0.717) is 10.6 Å². The van der Waals surface area contributed by atoms with E-state index in [4.69, 9.17) is 0 Å². The highest BCUT2D eigenvalue weighted by molar-refractivity contribution is 7.91. The second-order valence-electron chi connectivity index (χ2n) is 8.94. The molecule has 208 valence electrons. The molecular weight excluding hydrogens is 562 g/mol. The molecule has 1 heterocycles. The summed E-state index contributed by atoms with van der Waals surface area (Å²) in [5, 5.41) is 24.0. The summed E-state index contributed by atoms with van der Waals surface area (Å²) in [4.78, 5) is 25.0. The van der Waals surface area contributed by atoms with Crippen LogP contribution in [0.25, 0.3) is 6.08 Å². The highest BCUT2D eigenvalue weighted by Gasteiger charge is 2.35. The second-order valence-corrected chi connectivity index (χ2v) is 12.3. The summed E-state index contributed by atoms with van der Waals surface area (Å²) >= 11 is 0. The van der Waals surface area contributed by atoms with Crippen LogP contribution in [0.5, 0.6) is 5.75 Å². The summed E-state index contributed by atoms with van der Waals surface area (Å²) < 4.78 is 60.6. The van der Waals surface area contributed by atoms with Crippen LogP contribution in [0, 0.1) is 0 Å². The van der Waals surface area contributed by atoms with Gasteiger partial charge in [-0.25, -0.2) is 13.2 Å². The first-order chi connectivity index (χ1) is 18.6. The molecule has 1 amide bonds. The van der Waals surface area contributed by atoms with E-state index < -0.39 is 63.5 Å². The van der Waals surface area contributed by atoms with E-state index in [0.717, 1.165) is 42.1 Å². The minimum atomic E-state index is -4.82. The number of hydrogen-bond acceptors (Lipinski definition) is 9. The molecule has 0 atom stereocenters. The average Bonchev–Trinajstić information content (AvgIpc) is 3.16. The number of sulfone groups is 1. The Bertz CT molecular complexity index is 1830. The first-order valence-corrected chi connectivity index (χ1v) is 14.4. The van der Waals surface area contributed by atoms with Gasteiger partial charge in [0, 0.05) is 19.8 Å². The predicted octanol–water partition coefficient (Wildman–Crippen LogP) is 3.04. The smallest absolute Gasteiger partial charge is 0.339 e. The number of aromatic carboxylic acids is 1. The average molecular weight is 586 g/mol. The Morgan fingerprint density at radius 1 is 0.950 bits per heavy atom. The molecule has 0 radical (unpaired) electrons. The highest BCUT2D eigenvalue weighted by atomic mass is 32.2. The Morgan fingerprint density at radius 3 is 2.15 bits per heavy atom. The number of nitrogens with zero attached hydrogens (tertiary/aromatic N) is 3. The first-order valence-electron chi connectivity index (χ1n) is 11.4. The lowest BCUT2D eigenvalue weighted by Crippen LogP contribution is -2.24. The van der Waals surface area contributed by atoms with E-state index in [-0.39, 0.29) is 11.3 Å². The van der Waals surface area contributed by atoms with Crippen molar-refractivity contribution in [3.8, 4) is 5.75 Å². The fourth-order valence-electron chi connectivity index (χ4n) is 3.91. The van der Waals surface area contributed by atoms with Crippen LogP contribution >= 0.6 is 0 Å². The molecule has 0 fully saturated rings. The zero-order valence-corrected chi connectivity index (χ0v) is 22.9. The number of anilines is 2. The van der Waals surface area contributed by atoms with Crippen LogP contribution in [-0.4, -0.2) is 63.3 Å². The fraction of sp³-hybridized carbons (Fsp3) is 0.115. The number of amides is 1. The maximum Gasteiger partial charge on any atom is 0.339 e. The molecule has 0 saturated carbocycles. The van der Waals surface area contributed by atoms with Crippen molar-refractivity contribution >= 4 is 55.0 Å². The van der Waals surface area contributed by atoms with Gasteiger partial charge >= 0.3 is 5.97 Å². The van der Waals surface area contributed by atoms with Gasteiger partial charge in [-0.15, -0.1) is 0 Å². The van der Waals surface area contributed by atoms with Crippen molar-refractivity contribution in [3.05, 3.63) is 77.4 Å². The third-order valence-corrected chi connectivity index (χ3v) is 8.69. The second kappa shape index (κ2) is 10.2. The van der Waals surface area contributed by atoms with Gasteiger partial charge < -0.3 is 15.1 Å². The molecule has 3 N–H and O–H groups in total. The molecule has 12 nitrogen and oxygen atoms in total. The molecular formula is C26H23N3O9S2. The van der Waals surface area contributed by atoms with Crippen molar-refractivity contribution in [1.82, 2.24) is 0 Å². The lowest BCUT2D eigenvalue weighted by Gasteiger charge is -2.18. The number of carboxylic acids is 1. The Hall–Kier alpha value is -4.53. The van der Waals surface area contributed by atoms with Crippen molar-refractivity contribution in [2.75, 3.05) is 24.0 Å².